The number of hydrogen-bond acceptors (Lipinski definition) is 4. The van der Waals surface area contributed by atoms with E-state index in [0.717, 1.165) is 111 Å². The normalized spacial score (nSPS) is 11.6. The molecule has 434 valence electrons. The fourth-order valence-corrected chi connectivity index (χ4v) is 13.2. The Balaban J connectivity index is 0.979. The molecule has 6 aromatic heterocycles. The molecule has 0 aliphatic heterocycles. The summed E-state index contributed by atoms with van der Waals surface area (Å²) in [6, 6.07) is 90.2. The first kappa shape index (κ1) is 55.0. The summed E-state index contributed by atoms with van der Waals surface area (Å²) < 4.78 is 54.9. The summed E-state index contributed by atoms with van der Waals surface area (Å²) >= 11 is 0. The Morgan fingerprint density at radius 3 is 0.924 bits per heavy atom. The van der Waals surface area contributed by atoms with Crippen LogP contribution in [0.4, 0.5) is 18.9 Å². The molecule has 16 aromatic rings. The van der Waals surface area contributed by atoms with Gasteiger partial charge in [-0.05, 0) is 119 Å². The lowest BCUT2D eigenvalue weighted by Crippen LogP contribution is -2.13. The molecule has 0 atom stereocenters. The minimum Gasteiger partial charge on any atom is -0.309 e. The fraction of sp³-hybridized carbons (Fsp3) is 0.0122. The van der Waals surface area contributed by atoms with Gasteiger partial charge < -0.3 is 9.13 Å². The Bertz CT molecular complexity index is 5300. The van der Waals surface area contributed by atoms with Gasteiger partial charge in [-0.15, -0.1) is 0 Å². The van der Waals surface area contributed by atoms with Gasteiger partial charge in [-0.2, -0.15) is 13.2 Å². The molecule has 0 saturated carbocycles. The van der Waals surface area contributed by atoms with Gasteiger partial charge in [-0.3, -0.25) is 19.9 Å². The van der Waals surface area contributed by atoms with Crippen molar-refractivity contribution in [3.63, 3.8) is 0 Å². The van der Waals surface area contributed by atoms with Gasteiger partial charge in [-0.25, -0.2) is 4.85 Å². The van der Waals surface area contributed by atoms with Gasteiger partial charge in [0, 0.05) is 96.4 Å². The Labute approximate surface area is 527 Å². The Morgan fingerprint density at radius 2 is 0.598 bits per heavy atom. The quantitative estimate of drug-likeness (QED) is 0.121. The van der Waals surface area contributed by atoms with Crippen molar-refractivity contribution in [2.24, 2.45) is 0 Å². The summed E-state index contributed by atoms with van der Waals surface area (Å²) in [6.45, 7) is 8.22. The van der Waals surface area contributed by atoms with Gasteiger partial charge in [-0.1, -0.05) is 188 Å². The van der Waals surface area contributed by atoms with Crippen LogP contribution in [0, 0.1) is 6.57 Å². The molecule has 0 aliphatic rings. The number of halogens is 3. The Hall–Kier alpha value is -12.3. The first-order valence-electron chi connectivity index (χ1n) is 30.2. The second-order valence-electron chi connectivity index (χ2n) is 22.7. The molecule has 0 N–H and O–H groups in total. The van der Waals surface area contributed by atoms with E-state index in [9.17, 15) is 0 Å². The molecule has 0 fully saturated rings. The monoisotopic (exact) mass is 1190 g/mol. The number of alkyl halides is 3. The molecule has 0 spiro atoms. The second kappa shape index (κ2) is 22.7. The van der Waals surface area contributed by atoms with E-state index in [0.29, 0.717) is 38.9 Å². The summed E-state index contributed by atoms with van der Waals surface area (Å²) in [7, 11) is 0. The number of pyridine rings is 4. The number of benzene rings is 10. The number of nitrogens with zero attached hydrogens (tertiary/aromatic N) is 7. The van der Waals surface area contributed by atoms with Crippen LogP contribution < -0.4 is 0 Å². The van der Waals surface area contributed by atoms with E-state index < -0.39 is 11.7 Å². The van der Waals surface area contributed by atoms with Crippen LogP contribution in [-0.4, -0.2) is 29.1 Å². The first-order valence-corrected chi connectivity index (χ1v) is 30.2. The second-order valence-corrected chi connectivity index (χ2v) is 22.7. The summed E-state index contributed by atoms with van der Waals surface area (Å²) in [5, 5.41) is 3.10. The van der Waals surface area contributed by atoms with Crippen LogP contribution in [-0.2, 0) is 6.18 Å². The van der Waals surface area contributed by atoms with Crippen molar-refractivity contribution in [2.75, 3.05) is 0 Å². The molecule has 7 nitrogen and oxygen atoms in total. The first-order chi connectivity index (χ1) is 45.2. The molecular formula is C82H50F3N7. The summed E-state index contributed by atoms with van der Waals surface area (Å²) in [5.41, 5.74) is 17.1. The molecular weight excluding hydrogens is 1140 g/mol. The van der Waals surface area contributed by atoms with E-state index in [2.05, 4.69) is 41.2 Å². The minimum atomic E-state index is -4.90. The molecule has 92 heavy (non-hydrogen) atoms. The molecule has 6 heterocycles. The molecule has 0 saturated heterocycles. The van der Waals surface area contributed by atoms with Gasteiger partial charge in [0.1, 0.15) is 0 Å². The predicted octanol–water partition coefficient (Wildman–Crippen LogP) is 22.0. The van der Waals surface area contributed by atoms with Crippen molar-refractivity contribution in [3.8, 4) is 112 Å². The highest BCUT2D eigenvalue weighted by Gasteiger charge is 2.37. The third-order valence-corrected chi connectivity index (χ3v) is 17.4. The molecule has 0 radical (unpaired) electrons. The Kier molecular flexibility index (Phi) is 13.6. The van der Waals surface area contributed by atoms with Gasteiger partial charge in [0.05, 0.1) is 68.4 Å². The van der Waals surface area contributed by atoms with E-state index in [1.165, 1.54) is 6.07 Å². The molecule has 0 bridgehead atoms. The van der Waals surface area contributed by atoms with E-state index in [-0.39, 0.29) is 11.4 Å². The average Bonchev–Trinajstić information content (AvgIpc) is 1.55. The zero-order chi connectivity index (χ0) is 61.9. The maximum Gasteiger partial charge on any atom is 0.418 e. The van der Waals surface area contributed by atoms with Crippen LogP contribution in [0.5, 0.6) is 0 Å². The highest BCUT2D eigenvalue weighted by atomic mass is 19.4. The highest BCUT2D eigenvalue weighted by Crippen LogP contribution is 2.48. The maximum absolute atomic E-state index is 17.1. The van der Waals surface area contributed by atoms with Crippen molar-refractivity contribution in [1.82, 2.24) is 29.1 Å². The largest absolute Gasteiger partial charge is 0.418 e. The maximum atomic E-state index is 17.1. The highest BCUT2D eigenvalue weighted by molar-refractivity contribution is 6.14. The number of hydrogen-bond donors (Lipinski definition) is 0. The fourth-order valence-electron chi connectivity index (χ4n) is 13.2. The number of fused-ring (bicyclic) bond motifs is 6. The van der Waals surface area contributed by atoms with Crippen molar-refractivity contribution < 1.29 is 13.2 Å². The molecule has 0 unspecified atom stereocenters. The average molecular weight is 1190 g/mol. The zero-order valence-electron chi connectivity index (χ0n) is 49.1. The van der Waals surface area contributed by atoms with E-state index >= 15 is 13.2 Å². The lowest BCUT2D eigenvalue weighted by molar-refractivity contribution is -0.137. The topological polar surface area (TPSA) is 65.8 Å². The van der Waals surface area contributed by atoms with Crippen LogP contribution in [0.25, 0.3) is 160 Å². The minimum absolute atomic E-state index is 0.0805. The summed E-state index contributed by atoms with van der Waals surface area (Å²) in [4.78, 5) is 23.4. The molecule has 0 aliphatic carbocycles. The van der Waals surface area contributed by atoms with Crippen LogP contribution in [0.3, 0.4) is 0 Å². The van der Waals surface area contributed by atoms with Crippen molar-refractivity contribution >= 4 is 49.3 Å². The van der Waals surface area contributed by atoms with Gasteiger partial charge in [0.15, 0.2) is 5.69 Å². The van der Waals surface area contributed by atoms with Crippen LogP contribution in [0.2, 0.25) is 0 Å². The molecule has 10 aromatic carbocycles. The van der Waals surface area contributed by atoms with Crippen LogP contribution in [0.1, 0.15) is 5.56 Å². The standard InChI is InChI=1S/C82H50F3N7/c1-86-61-28-14-27-56(45-61)66-50-77(92-74-39-35-59(64-31-17-43-89-80(64)54-23-10-4-11-24-54)48-69(74)70-49-60(36-40-75(70)92)65-32-18-44-90-81(65)55-25-12-5-13-26-55)71(82(83,84)85)51-76(66)91-72-37-33-57(62-29-15-41-87-78(62)52-19-6-2-7-20-52)46-67(72)68-47-58(34-38-73(68)91)63-30-16-42-88-79(63)53-21-8-3-9-22-53/h2-51H. The van der Waals surface area contributed by atoms with Crippen LogP contribution in [0.15, 0.2) is 304 Å². The molecule has 0 amide bonds. The lowest BCUT2D eigenvalue weighted by Gasteiger charge is -2.22. The Morgan fingerprint density at radius 1 is 0.283 bits per heavy atom. The van der Waals surface area contributed by atoms with Crippen molar-refractivity contribution in [3.05, 3.63) is 321 Å². The smallest absolute Gasteiger partial charge is 0.309 e. The zero-order valence-corrected chi connectivity index (χ0v) is 49.1. The molecule has 10 heteroatoms. The number of aromatic nitrogens is 6. The van der Waals surface area contributed by atoms with Crippen molar-refractivity contribution in [2.45, 2.75) is 6.18 Å². The van der Waals surface area contributed by atoms with Gasteiger partial charge in [0.2, 0.25) is 0 Å². The van der Waals surface area contributed by atoms with Crippen LogP contribution >= 0.6 is 0 Å². The third kappa shape index (κ3) is 9.64. The number of rotatable bonds is 11. The molecule has 16 rings (SSSR count). The SMILES string of the molecule is [C-]#[N+]c1cccc(-c2cc(-n3c4ccc(-c5cccnc5-c5ccccc5)cc4c4cc(-c5cccnc5-c5ccccc5)ccc43)c(C(F)(F)F)cc2-n2c3ccc(-c4cccnc4-c4ccccc4)cc3c3cc(-c4cccnc4-c4ccccc4)ccc32)c1. The lowest BCUT2D eigenvalue weighted by atomic mass is 9.96. The summed E-state index contributed by atoms with van der Waals surface area (Å²) in [6.07, 6.45) is 2.22. The van der Waals surface area contributed by atoms with E-state index in [4.69, 9.17) is 26.5 Å². The summed E-state index contributed by atoms with van der Waals surface area (Å²) in [5.74, 6) is 0. The third-order valence-electron chi connectivity index (χ3n) is 17.4. The van der Waals surface area contributed by atoms with E-state index in [1.54, 1.807) is 53.6 Å². The van der Waals surface area contributed by atoms with Gasteiger partial charge in [0.25, 0.3) is 0 Å². The van der Waals surface area contributed by atoms with Crippen molar-refractivity contribution in [1.29, 1.82) is 0 Å². The predicted molar refractivity (Wildman–Crippen MR) is 366 cm³/mol. The van der Waals surface area contributed by atoms with E-state index in [1.807, 2.05) is 217 Å². The van der Waals surface area contributed by atoms with Gasteiger partial charge >= 0.3 is 6.18 Å².